The molecule has 5 heteroatoms. The second-order valence-electron chi connectivity index (χ2n) is 5.03. The summed E-state index contributed by atoms with van der Waals surface area (Å²) in [6.07, 6.45) is 9.08. The summed E-state index contributed by atoms with van der Waals surface area (Å²) in [5.74, 6) is 0.179. The Morgan fingerprint density at radius 3 is 2.72 bits per heavy atom. The van der Waals surface area contributed by atoms with Gasteiger partial charge in [-0.25, -0.2) is 0 Å². The molecule has 18 heavy (non-hydrogen) atoms. The maximum absolute atomic E-state index is 12.8. The fraction of sp³-hybridized carbons (Fsp3) is 0.615. The lowest BCUT2D eigenvalue weighted by atomic mass is 9.91. The van der Waals surface area contributed by atoms with E-state index >= 15 is 0 Å². The average Bonchev–Trinajstić information content (AvgIpc) is 3.11. The standard InChI is InChI=1S/C13H18N4O/c18-12(17-8-1-2-9-17)13(4-3-5-16-13)11-10-14-6-7-15-11/h6-7,10,16H,1-5,8-9H2/t13-/m1/s1. The number of likely N-dealkylation sites (tertiary alicyclic amines) is 1. The first-order valence-corrected chi connectivity index (χ1v) is 6.64. The molecule has 0 bridgehead atoms. The molecule has 2 aliphatic rings. The van der Waals surface area contributed by atoms with E-state index in [2.05, 4.69) is 15.3 Å². The Hall–Kier alpha value is -1.49. The van der Waals surface area contributed by atoms with Gasteiger partial charge < -0.3 is 4.90 Å². The number of hydrogen-bond donors (Lipinski definition) is 1. The molecular weight excluding hydrogens is 228 g/mol. The maximum atomic E-state index is 12.8. The molecule has 0 unspecified atom stereocenters. The van der Waals surface area contributed by atoms with Crippen molar-refractivity contribution >= 4 is 5.91 Å². The number of carbonyl (C=O) groups is 1. The second-order valence-corrected chi connectivity index (χ2v) is 5.03. The van der Waals surface area contributed by atoms with Crippen molar-refractivity contribution in [1.82, 2.24) is 20.2 Å². The van der Waals surface area contributed by atoms with E-state index in [0.29, 0.717) is 0 Å². The van der Waals surface area contributed by atoms with Crippen LogP contribution in [0.5, 0.6) is 0 Å². The van der Waals surface area contributed by atoms with Crippen molar-refractivity contribution in [2.75, 3.05) is 19.6 Å². The highest BCUT2D eigenvalue weighted by Gasteiger charge is 2.46. The molecule has 96 valence electrons. The molecule has 2 saturated heterocycles. The van der Waals surface area contributed by atoms with E-state index in [1.807, 2.05) is 4.90 Å². The van der Waals surface area contributed by atoms with Crippen molar-refractivity contribution in [2.45, 2.75) is 31.2 Å². The van der Waals surface area contributed by atoms with Crippen molar-refractivity contribution in [3.8, 4) is 0 Å². The van der Waals surface area contributed by atoms with Crippen molar-refractivity contribution in [2.24, 2.45) is 0 Å². The first-order chi connectivity index (χ1) is 8.83. The first-order valence-electron chi connectivity index (χ1n) is 6.64. The van der Waals surface area contributed by atoms with Gasteiger partial charge in [0.15, 0.2) is 0 Å². The zero-order valence-corrected chi connectivity index (χ0v) is 10.4. The minimum Gasteiger partial charge on any atom is -0.341 e. The molecule has 0 spiro atoms. The quantitative estimate of drug-likeness (QED) is 0.833. The second kappa shape index (κ2) is 4.65. The molecular formula is C13H18N4O. The van der Waals surface area contributed by atoms with Gasteiger partial charge in [-0.2, -0.15) is 0 Å². The van der Waals surface area contributed by atoms with Gasteiger partial charge in [0.25, 0.3) is 0 Å². The summed E-state index contributed by atoms with van der Waals surface area (Å²) in [5, 5.41) is 3.37. The van der Waals surface area contributed by atoms with E-state index in [1.165, 1.54) is 0 Å². The molecule has 1 amide bonds. The predicted molar refractivity (Wildman–Crippen MR) is 66.8 cm³/mol. The lowest BCUT2D eigenvalue weighted by molar-refractivity contribution is -0.137. The third kappa shape index (κ3) is 1.79. The zero-order chi connectivity index (χ0) is 12.4. The average molecular weight is 246 g/mol. The van der Waals surface area contributed by atoms with Crippen molar-refractivity contribution < 1.29 is 4.79 Å². The molecule has 0 aliphatic carbocycles. The first kappa shape index (κ1) is 11.6. The van der Waals surface area contributed by atoms with Crippen LogP contribution in [0.25, 0.3) is 0 Å². The predicted octanol–water partition coefficient (Wildman–Crippen LogP) is 0.678. The van der Waals surface area contributed by atoms with Crippen LogP contribution in [0, 0.1) is 0 Å². The summed E-state index contributed by atoms with van der Waals surface area (Å²) in [6, 6.07) is 0. The smallest absolute Gasteiger partial charge is 0.249 e. The van der Waals surface area contributed by atoms with Gasteiger partial charge in [-0.15, -0.1) is 0 Å². The molecule has 1 atom stereocenters. The molecule has 1 aromatic rings. The van der Waals surface area contributed by atoms with Crippen molar-refractivity contribution in [3.05, 3.63) is 24.3 Å². The Morgan fingerprint density at radius 2 is 2.11 bits per heavy atom. The molecule has 2 fully saturated rings. The molecule has 1 aromatic heterocycles. The summed E-state index contributed by atoms with van der Waals surface area (Å²) in [6.45, 7) is 2.63. The summed E-state index contributed by atoms with van der Waals surface area (Å²) in [4.78, 5) is 23.2. The number of nitrogens with zero attached hydrogens (tertiary/aromatic N) is 3. The highest BCUT2D eigenvalue weighted by molar-refractivity contribution is 5.87. The number of amides is 1. The zero-order valence-electron chi connectivity index (χ0n) is 10.4. The van der Waals surface area contributed by atoms with E-state index < -0.39 is 5.54 Å². The van der Waals surface area contributed by atoms with E-state index in [4.69, 9.17) is 0 Å². The van der Waals surface area contributed by atoms with Gasteiger partial charge in [-0.3, -0.25) is 20.1 Å². The number of hydrogen-bond acceptors (Lipinski definition) is 4. The molecule has 3 heterocycles. The third-order valence-corrected chi connectivity index (χ3v) is 3.91. The van der Waals surface area contributed by atoms with Crippen molar-refractivity contribution in [3.63, 3.8) is 0 Å². The van der Waals surface area contributed by atoms with Crippen LogP contribution in [-0.2, 0) is 10.3 Å². The van der Waals surface area contributed by atoms with Gasteiger partial charge in [-0.05, 0) is 32.2 Å². The Bertz CT molecular complexity index is 422. The Balaban J connectivity index is 1.94. The molecule has 3 rings (SSSR count). The minimum absolute atomic E-state index is 0.179. The van der Waals surface area contributed by atoms with E-state index in [1.54, 1.807) is 18.6 Å². The van der Waals surface area contributed by atoms with Crippen LogP contribution in [0.15, 0.2) is 18.6 Å². The van der Waals surface area contributed by atoms with Gasteiger partial charge in [0.2, 0.25) is 5.91 Å². The largest absolute Gasteiger partial charge is 0.341 e. The lowest BCUT2D eigenvalue weighted by Gasteiger charge is -2.31. The Morgan fingerprint density at radius 1 is 1.28 bits per heavy atom. The van der Waals surface area contributed by atoms with Crippen LogP contribution < -0.4 is 5.32 Å². The number of aromatic nitrogens is 2. The van der Waals surface area contributed by atoms with Crippen molar-refractivity contribution in [1.29, 1.82) is 0 Å². The fourth-order valence-electron chi connectivity index (χ4n) is 2.96. The Kier molecular flexibility index (Phi) is 2.99. The van der Waals surface area contributed by atoms with Crippen LogP contribution in [-0.4, -0.2) is 40.4 Å². The van der Waals surface area contributed by atoms with Crippen LogP contribution >= 0.6 is 0 Å². The van der Waals surface area contributed by atoms with Gasteiger partial charge in [-0.1, -0.05) is 0 Å². The van der Waals surface area contributed by atoms with Gasteiger partial charge in [0, 0.05) is 25.5 Å². The summed E-state index contributed by atoms with van der Waals surface area (Å²) in [5.41, 5.74) is 0.137. The lowest BCUT2D eigenvalue weighted by Crippen LogP contribution is -2.52. The van der Waals surface area contributed by atoms with Crippen LogP contribution in [0.4, 0.5) is 0 Å². The normalized spacial score (nSPS) is 27.7. The van der Waals surface area contributed by atoms with Crippen LogP contribution in [0.1, 0.15) is 31.4 Å². The van der Waals surface area contributed by atoms with Gasteiger partial charge in [0.05, 0.1) is 11.9 Å². The molecule has 0 radical (unpaired) electrons. The topological polar surface area (TPSA) is 58.1 Å². The van der Waals surface area contributed by atoms with E-state index in [0.717, 1.165) is 51.0 Å². The highest BCUT2D eigenvalue weighted by Crippen LogP contribution is 2.32. The monoisotopic (exact) mass is 246 g/mol. The minimum atomic E-state index is -0.626. The molecule has 1 N–H and O–H groups in total. The van der Waals surface area contributed by atoms with Gasteiger partial charge in [0.1, 0.15) is 5.54 Å². The Labute approximate surface area is 107 Å². The van der Waals surface area contributed by atoms with E-state index in [9.17, 15) is 4.79 Å². The molecule has 2 aliphatic heterocycles. The highest BCUT2D eigenvalue weighted by atomic mass is 16.2. The number of carbonyl (C=O) groups excluding carboxylic acids is 1. The van der Waals surface area contributed by atoms with Crippen LogP contribution in [0.2, 0.25) is 0 Å². The van der Waals surface area contributed by atoms with E-state index in [-0.39, 0.29) is 5.91 Å². The SMILES string of the molecule is O=C(N1CCCC1)[C@]1(c2cnccn2)CCCN1. The summed E-state index contributed by atoms with van der Waals surface area (Å²) in [7, 11) is 0. The molecule has 0 saturated carbocycles. The summed E-state index contributed by atoms with van der Waals surface area (Å²) < 4.78 is 0. The maximum Gasteiger partial charge on any atom is 0.249 e. The molecule has 5 nitrogen and oxygen atoms in total. The van der Waals surface area contributed by atoms with Gasteiger partial charge >= 0.3 is 0 Å². The third-order valence-electron chi connectivity index (χ3n) is 3.91. The number of rotatable bonds is 2. The van der Waals surface area contributed by atoms with Crippen LogP contribution in [0.3, 0.4) is 0 Å². The summed E-state index contributed by atoms with van der Waals surface area (Å²) >= 11 is 0. The molecule has 0 aromatic carbocycles. The fourth-order valence-corrected chi connectivity index (χ4v) is 2.96. The number of nitrogens with one attached hydrogen (secondary N) is 1.